The van der Waals surface area contributed by atoms with Gasteiger partial charge in [-0.15, -0.1) is 5.10 Å². The van der Waals surface area contributed by atoms with E-state index in [1.165, 1.54) is 19.2 Å². The van der Waals surface area contributed by atoms with E-state index in [2.05, 4.69) is 10.2 Å². The summed E-state index contributed by atoms with van der Waals surface area (Å²) < 4.78 is 19.7. The number of hydrogen-bond donors (Lipinski definition) is 1. The maximum absolute atomic E-state index is 13.1. The fourth-order valence-corrected chi connectivity index (χ4v) is 1.44. The smallest absolute Gasteiger partial charge is 0.321 e. The minimum atomic E-state index is -0.337. The third-order valence-electron chi connectivity index (χ3n) is 2.13. The van der Waals surface area contributed by atoms with Gasteiger partial charge in [-0.25, -0.2) is 8.96 Å². The molecule has 2 rings (SSSR count). The van der Waals surface area contributed by atoms with E-state index in [4.69, 9.17) is 10.5 Å². The van der Waals surface area contributed by atoms with E-state index < -0.39 is 0 Å². The van der Waals surface area contributed by atoms with E-state index in [1.807, 2.05) is 0 Å². The van der Waals surface area contributed by atoms with Gasteiger partial charge in [0.05, 0.1) is 19.3 Å². The molecule has 0 radical (unpaired) electrons. The van der Waals surface area contributed by atoms with Crippen molar-refractivity contribution in [3.8, 4) is 11.7 Å². The predicted octanol–water partition coefficient (Wildman–Crippen LogP) is 0.874. The van der Waals surface area contributed by atoms with Gasteiger partial charge in [0.15, 0.2) is 5.82 Å². The Bertz CT molecular complexity index is 476. The second kappa shape index (κ2) is 4.28. The summed E-state index contributed by atoms with van der Waals surface area (Å²) in [5.74, 6) is 0.179. The lowest BCUT2D eigenvalue weighted by Crippen LogP contribution is -2.08. The summed E-state index contributed by atoms with van der Waals surface area (Å²) in [4.78, 5) is 0. The minimum absolute atomic E-state index is 0.201. The molecule has 1 aromatic carbocycles. The van der Waals surface area contributed by atoms with Crippen LogP contribution in [0.5, 0.6) is 6.01 Å². The van der Waals surface area contributed by atoms with Crippen LogP contribution in [-0.4, -0.2) is 21.9 Å². The first-order chi connectivity index (χ1) is 7.76. The van der Waals surface area contributed by atoms with Crippen LogP contribution < -0.4 is 10.5 Å². The first-order valence-corrected chi connectivity index (χ1v) is 4.70. The number of benzene rings is 1. The molecule has 16 heavy (non-hydrogen) atoms. The summed E-state index contributed by atoms with van der Waals surface area (Å²) in [6, 6.07) is 6.34. The molecule has 6 heteroatoms. The molecule has 1 heterocycles. The lowest BCUT2D eigenvalue weighted by molar-refractivity contribution is 0.371. The molecule has 2 aromatic rings. The molecule has 0 aliphatic carbocycles. The standard InChI is InChI=1S/C10H11FN4O/c1-16-10-14-13-9(6-12)15(10)8-4-2-3-7(11)5-8/h2-5H,6,12H2,1H3. The van der Waals surface area contributed by atoms with Crippen molar-refractivity contribution in [3.63, 3.8) is 0 Å². The van der Waals surface area contributed by atoms with Crippen LogP contribution in [0.2, 0.25) is 0 Å². The van der Waals surface area contributed by atoms with Crippen molar-refractivity contribution < 1.29 is 9.13 Å². The van der Waals surface area contributed by atoms with Gasteiger partial charge in [-0.05, 0) is 18.2 Å². The van der Waals surface area contributed by atoms with Gasteiger partial charge in [0.1, 0.15) is 5.82 Å². The number of hydrogen-bond acceptors (Lipinski definition) is 4. The van der Waals surface area contributed by atoms with Gasteiger partial charge in [-0.1, -0.05) is 11.2 Å². The Balaban J connectivity index is 2.57. The van der Waals surface area contributed by atoms with E-state index in [-0.39, 0.29) is 18.4 Å². The molecule has 5 nitrogen and oxygen atoms in total. The van der Waals surface area contributed by atoms with Gasteiger partial charge in [-0.3, -0.25) is 0 Å². The molecule has 0 spiro atoms. The Morgan fingerprint density at radius 2 is 2.25 bits per heavy atom. The molecular formula is C10H11FN4O. The Hall–Kier alpha value is -1.95. The topological polar surface area (TPSA) is 66.0 Å². The summed E-state index contributed by atoms with van der Waals surface area (Å²) in [5.41, 5.74) is 6.11. The van der Waals surface area contributed by atoms with Crippen LogP contribution in [0.25, 0.3) is 5.69 Å². The lowest BCUT2D eigenvalue weighted by Gasteiger charge is -2.07. The molecule has 0 saturated heterocycles. The predicted molar refractivity (Wildman–Crippen MR) is 55.8 cm³/mol. The number of aromatic nitrogens is 3. The van der Waals surface area contributed by atoms with Crippen molar-refractivity contribution in [1.82, 2.24) is 14.8 Å². The normalized spacial score (nSPS) is 10.4. The highest BCUT2D eigenvalue weighted by molar-refractivity contribution is 5.36. The molecule has 0 amide bonds. The Kier molecular flexibility index (Phi) is 2.82. The van der Waals surface area contributed by atoms with E-state index in [0.29, 0.717) is 11.5 Å². The molecule has 0 saturated carbocycles. The van der Waals surface area contributed by atoms with Gasteiger partial charge in [-0.2, -0.15) is 0 Å². The number of halogens is 1. The third kappa shape index (κ3) is 1.74. The molecular weight excluding hydrogens is 211 g/mol. The molecule has 0 aliphatic rings. The second-order valence-corrected chi connectivity index (χ2v) is 3.12. The SMILES string of the molecule is COc1nnc(CN)n1-c1cccc(F)c1. The fraction of sp³-hybridized carbons (Fsp3) is 0.200. The summed E-state index contributed by atoms with van der Waals surface area (Å²) in [5, 5.41) is 7.65. The number of ether oxygens (including phenoxy) is 1. The van der Waals surface area contributed by atoms with Crippen molar-refractivity contribution in [2.45, 2.75) is 6.54 Å². The molecule has 0 bridgehead atoms. The Morgan fingerprint density at radius 3 is 2.88 bits per heavy atom. The van der Waals surface area contributed by atoms with Crippen LogP contribution >= 0.6 is 0 Å². The number of methoxy groups -OCH3 is 1. The average Bonchev–Trinajstić information content (AvgIpc) is 2.71. The molecule has 1 aromatic heterocycles. The van der Waals surface area contributed by atoms with Crippen LogP contribution in [0.1, 0.15) is 5.82 Å². The molecule has 0 unspecified atom stereocenters. The van der Waals surface area contributed by atoms with E-state index >= 15 is 0 Å². The van der Waals surface area contributed by atoms with E-state index in [9.17, 15) is 4.39 Å². The maximum Gasteiger partial charge on any atom is 0.321 e. The van der Waals surface area contributed by atoms with Gasteiger partial charge in [0.2, 0.25) is 0 Å². The molecule has 0 fully saturated rings. The van der Waals surface area contributed by atoms with Crippen molar-refractivity contribution in [1.29, 1.82) is 0 Å². The summed E-state index contributed by atoms with van der Waals surface area (Å²) >= 11 is 0. The number of nitrogens with two attached hydrogens (primary N) is 1. The third-order valence-corrected chi connectivity index (χ3v) is 2.13. The van der Waals surface area contributed by atoms with Crippen molar-refractivity contribution in [2.75, 3.05) is 7.11 Å². The minimum Gasteiger partial charge on any atom is -0.467 e. The van der Waals surface area contributed by atoms with Gasteiger partial charge < -0.3 is 10.5 Å². The van der Waals surface area contributed by atoms with Crippen molar-refractivity contribution in [2.24, 2.45) is 5.73 Å². The molecule has 0 aliphatic heterocycles. The van der Waals surface area contributed by atoms with Crippen LogP contribution in [0, 0.1) is 5.82 Å². The number of nitrogens with zero attached hydrogens (tertiary/aromatic N) is 3. The monoisotopic (exact) mass is 222 g/mol. The number of rotatable bonds is 3. The Labute approximate surface area is 91.7 Å². The Morgan fingerprint density at radius 1 is 1.44 bits per heavy atom. The van der Waals surface area contributed by atoms with Crippen molar-refractivity contribution >= 4 is 0 Å². The van der Waals surface area contributed by atoms with Crippen LogP contribution in [-0.2, 0) is 6.54 Å². The summed E-state index contributed by atoms with van der Waals surface area (Å²) in [6.07, 6.45) is 0. The summed E-state index contributed by atoms with van der Waals surface area (Å²) in [6.45, 7) is 0.201. The average molecular weight is 222 g/mol. The maximum atomic E-state index is 13.1. The zero-order valence-electron chi connectivity index (χ0n) is 8.72. The highest BCUT2D eigenvalue weighted by Crippen LogP contribution is 2.18. The van der Waals surface area contributed by atoms with Crippen LogP contribution in [0.15, 0.2) is 24.3 Å². The van der Waals surface area contributed by atoms with E-state index in [0.717, 1.165) is 0 Å². The van der Waals surface area contributed by atoms with E-state index in [1.54, 1.807) is 16.7 Å². The second-order valence-electron chi connectivity index (χ2n) is 3.12. The fourth-order valence-electron chi connectivity index (χ4n) is 1.44. The first kappa shape index (κ1) is 10.6. The highest BCUT2D eigenvalue weighted by Gasteiger charge is 2.13. The molecule has 2 N–H and O–H groups in total. The largest absolute Gasteiger partial charge is 0.467 e. The van der Waals surface area contributed by atoms with Gasteiger partial charge >= 0.3 is 6.01 Å². The zero-order valence-corrected chi connectivity index (χ0v) is 8.72. The highest BCUT2D eigenvalue weighted by atomic mass is 19.1. The molecule has 0 atom stereocenters. The quantitative estimate of drug-likeness (QED) is 0.837. The van der Waals surface area contributed by atoms with Crippen molar-refractivity contribution in [3.05, 3.63) is 35.9 Å². The van der Waals surface area contributed by atoms with Gasteiger partial charge in [0.25, 0.3) is 0 Å². The zero-order chi connectivity index (χ0) is 11.5. The first-order valence-electron chi connectivity index (χ1n) is 4.70. The van der Waals surface area contributed by atoms with Crippen LogP contribution in [0.3, 0.4) is 0 Å². The van der Waals surface area contributed by atoms with Gasteiger partial charge in [0, 0.05) is 0 Å². The lowest BCUT2D eigenvalue weighted by atomic mass is 10.3. The van der Waals surface area contributed by atoms with Crippen LogP contribution in [0.4, 0.5) is 4.39 Å². The molecule has 84 valence electrons. The summed E-state index contributed by atoms with van der Waals surface area (Å²) in [7, 11) is 1.47.